The van der Waals surface area contributed by atoms with Crippen molar-refractivity contribution >= 4 is 17.5 Å². The summed E-state index contributed by atoms with van der Waals surface area (Å²) in [5.74, 6) is -0.520. The maximum Gasteiger partial charge on any atom is 0.267 e. The summed E-state index contributed by atoms with van der Waals surface area (Å²) in [6, 6.07) is 12.5. The molecule has 1 aromatic carbocycles. The predicted molar refractivity (Wildman–Crippen MR) is 108 cm³/mol. The molecule has 1 aliphatic rings. The van der Waals surface area contributed by atoms with Crippen LogP contribution in [0.2, 0.25) is 0 Å². The van der Waals surface area contributed by atoms with Crippen molar-refractivity contribution in [1.29, 1.82) is 0 Å². The van der Waals surface area contributed by atoms with Gasteiger partial charge in [0.25, 0.3) is 5.91 Å². The third kappa shape index (κ3) is 4.13. The molecule has 3 heterocycles. The van der Waals surface area contributed by atoms with Gasteiger partial charge in [-0.1, -0.05) is 24.3 Å². The van der Waals surface area contributed by atoms with E-state index in [2.05, 4.69) is 34.3 Å². The van der Waals surface area contributed by atoms with Crippen molar-refractivity contribution in [2.75, 3.05) is 13.1 Å². The lowest BCUT2D eigenvalue weighted by molar-refractivity contribution is -0.124. The van der Waals surface area contributed by atoms with Crippen molar-refractivity contribution < 1.29 is 10.0 Å². The number of pyridine rings is 1. The molecule has 3 aromatic rings. The van der Waals surface area contributed by atoms with Gasteiger partial charge in [0, 0.05) is 25.4 Å². The third-order valence-corrected chi connectivity index (χ3v) is 5.29. The molecule has 0 aliphatic carbocycles. The Kier molecular flexibility index (Phi) is 5.50. The summed E-state index contributed by atoms with van der Waals surface area (Å²) < 4.78 is 1.93. The van der Waals surface area contributed by atoms with Crippen LogP contribution in [0, 0.1) is 0 Å². The van der Waals surface area contributed by atoms with Crippen LogP contribution in [0.5, 0.6) is 0 Å². The highest BCUT2D eigenvalue weighted by molar-refractivity contribution is 5.90. The number of hydrogen-bond acceptors (Lipinski definition) is 4. The van der Waals surface area contributed by atoms with Gasteiger partial charge >= 0.3 is 0 Å². The molecule has 0 bridgehead atoms. The molecule has 1 amide bonds. The molecule has 28 heavy (non-hydrogen) atoms. The fourth-order valence-electron chi connectivity index (χ4n) is 3.81. The van der Waals surface area contributed by atoms with Gasteiger partial charge in [-0.3, -0.25) is 14.9 Å². The van der Waals surface area contributed by atoms with Crippen LogP contribution in [0.25, 0.3) is 11.6 Å². The number of amides is 1. The molecule has 4 rings (SSSR count). The second-order valence-electron chi connectivity index (χ2n) is 7.17. The Labute approximate surface area is 164 Å². The number of rotatable bonds is 5. The molecule has 0 saturated carbocycles. The highest BCUT2D eigenvalue weighted by Gasteiger charge is 2.15. The van der Waals surface area contributed by atoms with Crippen LogP contribution in [-0.4, -0.2) is 38.7 Å². The normalized spacial score (nSPS) is 14.9. The van der Waals surface area contributed by atoms with E-state index in [9.17, 15) is 4.79 Å². The summed E-state index contributed by atoms with van der Waals surface area (Å²) in [6.45, 7) is 3.02. The van der Waals surface area contributed by atoms with Crippen LogP contribution < -0.4 is 5.48 Å². The van der Waals surface area contributed by atoms with Crippen molar-refractivity contribution in [3.8, 4) is 0 Å². The summed E-state index contributed by atoms with van der Waals surface area (Å²) in [5, 5.41) is 13.0. The first-order chi connectivity index (χ1) is 13.7. The lowest BCUT2D eigenvalue weighted by Crippen LogP contribution is -2.25. The molecule has 0 saturated heterocycles. The maximum absolute atomic E-state index is 11.2. The monoisotopic (exact) mass is 376 g/mol. The maximum atomic E-state index is 11.2. The molecule has 0 atom stereocenters. The van der Waals surface area contributed by atoms with Crippen LogP contribution in [0.4, 0.5) is 0 Å². The number of aryl methyl sites for hydroxylation is 1. The number of aromatic nitrogens is 2. The van der Waals surface area contributed by atoms with E-state index in [0.29, 0.717) is 0 Å². The van der Waals surface area contributed by atoms with Gasteiger partial charge in [-0.25, -0.2) is 10.00 Å². The largest absolute Gasteiger partial charge is 0.299 e. The second kappa shape index (κ2) is 8.37. The molecule has 2 N–H and O–H groups in total. The quantitative estimate of drug-likeness (QED) is 0.408. The fraction of sp³-hybridized carbons (Fsp3) is 0.273. The summed E-state index contributed by atoms with van der Waals surface area (Å²) in [6.07, 6.45) is 10.2. The number of carbonyl (C=O) groups is 1. The van der Waals surface area contributed by atoms with E-state index < -0.39 is 5.91 Å². The van der Waals surface area contributed by atoms with Gasteiger partial charge in [0.05, 0.1) is 11.7 Å². The molecular formula is C22H24N4O2. The minimum Gasteiger partial charge on any atom is -0.299 e. The fourth-order valence-corrected chi connectivity index (χ4v) is 3.81. The molecule has 6 heteroatoms. The average Bonchev–Trinajstić information content (AvgIpc) is 3.03. The Morgan fingerprint density at radius 1 is 1.25 bits per heavy atom. The van der Waals surface area contributed by atoms with Gasteiger partial charge in [0.1, 0.15) is 0 Å². The molecule has 0 fully saturated rings. The molecule has 1 aliphatic heterocycles. The summed E-state index contributed by atoms with van der Waals surface area (Å²) >= 11 is 0. The molecule has 2 aromatic heterocycles. The number of hydrogen-bond donors (Lipinski definition) is 2. The third-order valence-electron chi connectivity index (χ3n) is 5.29. The Morgan fingerprint density at radius 2 is 2.18 bits per heavy atom. The number of carbonyl (C=O) groups excluding carboxylic acids is 1. The van der Waals surface area contributed by atoms with E-state index >= 15 is 0 Å². The van der Waals surface area contributed by atoms with E-state index in [0.717, 1.165) is 44.5 Å². The van der Waals surface area contributed by atoms with Crippen LogP contribution in [0.3, 0.4) is 0 Å². The lowest BCUT2D eigenvalue weighted by atomic mass is 10.0. The molecule has 0 spiro atoms. The highest BCUT2D eigenvalue weighted by Crippen LogP contribution is 2.21. The van der Waals surface area contributed by atoms with E-state index in [1.807, 2.05) is 29.0 Å². The van der Waals surface area contributed by atoms with Crippen LogP contribution in [0.15, 0.2) is 54.9 Å². The van der Waals surface area contributed by atoms with Crippen molar-refractivity contribution in [3.63, 3.8) is 0 Å². The van der Waals surface area contributed by atoms with Crippen LogP contribution >= 0.6 is 0 Å². The van der Waals surface area contributed by atoms with Gasteiger partial charge in [-0.2, -0.15) is 5.10 Å². The topological polar surface area (TPSA) is 69.9 Å². The average molecular weight is 376 g/mol. The summed E-state index contributed by atoms with van der Waals surface area (Å²) in [4.78, 5) is 13.7. The van der Waals surface area contributed by atoms with E-state index in [4.69, 9.17) is 5.21 Å². The van der Waals surface area contributed by atoms with Crippen LogP contribution in [0.1, 0.15) is 28.7 Å². The highest BCUT2D eigenvalue weighted by atomic mass is 16.5. The zero-order valence-electron chi connectivity index (χ0n) is 15.7. The van der Waals surface area contributed by atoms with E-state index in [1.165, 1.54) is 28.3 Å². The Bertz CT molecular complexity index is 1010. The minimum atomic E-state index is -0.520. The summed E-state index contributed by atoms with van der Waals surface area (Å²) in [5.41, 5.74) is 7.74. The molecule has 0 unspecified atom stereocenters. The zero-order valence-corrected chi connectivity index (χ0v) is 15.7. The molecular weight excluding hydrogens is 352 g/mol. The van der Waals surface area contributed by atoms with Gasteiger partial charge in [0.15, 0.2) is 0 Å². The van der Waals surface area contributed by atoms with Crippen molar-refractivity contribution in [1.82, 2.24) is 20.0 Å². The first-order valence-electron chi connectivity index (χ1n) is 9.60. The number of nitrogens with one attached hydrogen (secondary N) is 1. The van der Waals surface area contributed by atoms with Crippen molar-refractivity contribution in [2.45, 2.75) is 25.8 Å². The minimum absolute atomic E-state index is 0.520. The standard InChI is InChI=1S/C22H24N4O2/c27-22(24-28)9-7-17-6-8-20-16-25(11-3-4-18(20)14-17)13-10-19-15-23-26-12-2-1-5-21(19)26/h1-2,5-9,12,14-15,28H,3-4,10-11,13,16H2,(H,24,27). The van der Waals surface area contributed by atoms with Crippen LogP contribution in [-0.2, 0) is 24.2 Å². The lowest BCUT2D eigenvalue weighted by Gasteiger charge is -2.20. The van der Waals surface area contributed by atoms with Gasteiger partial charge in [-0.15, -0.1) is 0 Å². The first-order valence-corrected chi connectivity index (χ1v) is 9.60. The summed E-state index contributed by atoms with van der Waals surface area (Å²) in [7, 11) is 0. The smallest absolute Gasteiger partial charge is 0.267 e. The van der Waals surface area contributed by atoms with Gasteiger partial charge in [-0.05, 0) is 66.3 Å². The SMILES string of the molecule is O=C(C=Cc1ccc2c(c1)CCCN(CCc1cnn3ccccc13)C2)NO. The van der Waals surface area contributed by atoms with E-state index in [1.54, 1.807) is 11.6 Å². The Balaban J connectivity index is 1.43. The van der Waals surface area contributed by atoms with Gasteiger partial charge < -0.3 is 0 Å². The second-order valence-corrected chi connectivity index (χ2v) is 7.17. The van der Waals surface area contributed by atoms with Gasteiger partial charge in [0.2, 0.25) is 0 Å². The molecule has 0 radical (unpaired) electrons. The molecule has 144 valence electrons. The molecule has 6 nitrogen and oxygen atoms in total. The Morgan fingerprint density at radius 3 is 3.07 bits per heavy atom. The predicted octanol–water partition coefficient (Wildman–Crippen LogP) is 2.84. The number of fused-ring (bicyclic) bond motifs is 2. The first kappa shape index (κ1) is 18.4. The Hall–Kier alpha value is -2.96. The number of nitrogens with zero attached hydrogens (tertiary/aromatic N) is 3. The number of benzene rings is 1. The van der Waals surface area contributed by atoms with Crippen molar-refractivity contribution in [2.24, 2.45) is 0 Å². The zero-order chi connectivity index (χ0) is 19.3. The van der Waals surface area contributed by atoms with E-state index in [-0.39, 0.29) is 0 Å². The van der Waals surface area contributed by atoms with Crippen molar-refractivity contribution in [3.05, 3.63) is 77.1 Å². The number of hydroxylamine groups is 1.